The maximum absolute atomic E-state index is 12.9. The number of likely N-dealkylation sites (tertiary alicyclic amines) is 1. The largest absolute Gasteiger partial charge is 0.444 e. The zero-order chi connectivity index (χ0) is 27.6. The van der Waals surface area contributed by atoms with Crippen molar-refractivity contribution in [3.63, 3.8) is 0 Å². The first-order chi connectivity index (χ1) is 17.9. The molecule has 1 fully saturated rings. The van der Waals surface area contributed by atoms with Crippen molar-refractivity contribution in [2.75, 3.05) is 17.7 Å². The monoisotopic (exact) mass is 583 g/mol. The molecule has 4 rings (SSSR count). The summed E-state index contributed by atoms with van der Waals surface area (Å²) in [7, 11) is 0. The quantitative estimate of drug-likeness (QED) is 0.379. The summed E-state index contributed by atoms with van der Waals surface area (Å²) in [5, 5.41) is 2.73. The van der Waals surface area contributed by atoms with Crippen LogP contribution in [0.15, 0.2) is 47.1 Å². The Kier molecular flexibility index (Phi) is 7.72. The summed E-state index contributed by atoms with van der Waals surface area (Å²) < 4.78 is 7.54. The van der Waals surface area contributed by atoms with Gasteiger partial charge in [-0.05, 0) is 64.3 Å². The molecule has 0 bridgehead atoms. The third kappa shape index (κ3) is 5.96. The predicted octanol–water partition coefficient (Wildman–Crippen LogP) is 4.23. The highest BCUT2D eigenvalue weighted by atomic mass is 79.9. The van der Waals surface area contributed by atoms with E-state index >= 15 is 0 Å². The average Bonchev–Trinajstić information content (AvgIpc) is 3.20. The number of hydrogen-bond acceptors (Lipinski definition) is 7. The standard InChI is InChI=1S/C26H30BrN7O4/c1-26(2,3)38-25(37)33-13-5-4-6-18(33)23-32-20(21(22(28)35)34(23)29)15-7-9-16(10-8-15)24(36)31-19-14-17(27)11-12-30-19/h7-12,14,18H,4-6,13,29H2,1-3H3,(H2,28,35)(H,30,31,36)/t18-/m0/s1. The number of carbonyl (C=O) groups excluding carboxylic acids is 3. The smallest absolute Gasteiger partial charge is 0.410 e. The van der Waals surface area contributed by atoms with E-state index in [1.165, 1.54) is 0 Å². The third-order valence-corrected chi connectivity index (χ3v) is 6.48. The van der Waals surface area contributed by atoms with Crippen molar-refractivity contribution in [1.82, 2.24) is 19.5 Å². The Hall–Kier alpha value is -3.93. The molecule has 0 radical (unpaired) electrons. The van der Waals surface area contributed by atoms with E-state index in [-0.39, 0.29) is 17.3 Å². The van der Waals surface area contributed by atoms with Crippen molar-refractivity contribution in [3.05, 3.63) is 64.1 Å². The van der Waals surface area contributed by atoms with Gasteiger partial charge in [-0.25, -0.2) is 19.4 Å². The number of nitrogens with one attached hydrogen (secondary N) is 1. The minimum absolute atomic E-state index is 0.00486. The maximum atomic E-state index is 12.9. The zero-order valence-electron chi connectivity index (χ0n) is 21.4. The van der Waals surface area contributed by atoms with Crippen LogP contribution in [0.3, 0.4) is 0 Å². The molecule has 0 unspecified atom stereocenters. The highest BCUT2D eigenvalue weighted by molar-refractivity contribution is 9.10. The number of nitrogen functional groups attached to an aromatic ring is 1. The van der Waals surface area contributed by atoms with E-state index in [1.807, 2.05) is 0 Å². The van der Waals surface area contributed by atoms with Gasteiger partial charge >= 0.3 is 6.09 Å². The molecule has 38 heavy (non-hydrogen) atoms. The van der Waals surface area contributed by atoms with Crippen molar-refractivity contribution in [2.24, 2.45) is 5.73 Å². The van der Waals surface area contributed by atoms with Gasteiger partial charge in [0.15, 0.2) is 11.5 Å². The van der Waals surface area contributed by atoms with Crippen LogP contribution in [0.2, 0.25) is 0 Å². The number of piperidine rings is 1. The Balaban J connectivity index is 1.64. The summed E-state index contributed by atoms with van der Waals surface area (Å²) in [5.74, 6) is 5.96. The zero-order valence-corrected chi connectivity index (χ0v) is 23.0. The van der Waals surface area contributed by atoms with Crippen LogP contribution in [0.25, 0.3) is 11.3 Å². The number of rotatable bonds is 5. The lowest BCUT2D eigenvalue weighted by molar-refractivity contribution is 0.00821. The first kappa shape index (κ1) is 27.1. The summed E-state index contributed by atoms with van der Waals surface area (Å²) in [5.41, 5.74) is 6.22. The van der Waals surface area contributed by atoms with E-state index in [9.17, 15) is 14.4 Å². The van der Waals surface area contributed by atoms with Gasteiger partial charge in [0.2, 0.25) is 0 Å². The molecule has 1 atom stereocenters. The lowest BCUT2D eigenvalue weighted by Gasteiger charge is -2.36. The number of carbonyl (C=O) groups is 3. The average molecular weight is 584 g/mol. The Labute approximate surface area is 228 Å². The van der Waals surface area contributed by atoms with Gasteiger partial charge in [0.25, 0.3) is 11.8 Å². The molecule has 11 nitrogen and oxygen atoms in total. The molecule has 1 aromatic carbocycles. The second kappa shape index (κ2) is 10.8. The van der Waals surface area contributed by atoms with E-state index in [0.29, 0.717) is 35.7 Å². The van der Waals surface area contributed by atoms with Gasteiger partial charge in [0, 0.05) is 28.3 Å². The molecule has 1 saturated heterocycles. The Bertz CT molecular complexity index is 1360. The minimum atomic E-state index is -0.761. The van der Waals surface area contributed by atoms with Crippen LogP contribution in [-0.4, -0.2) is 49.6 Å². The second-order valence-electron chi connectivity index (χ2n) is 9.98. The number of nitrogens with zero attached hydrogens (tertiary/aromatic N) is 4. The van der Waals surface area contributed by atoms with Crippen molar-refractivity contribution >= 4 is 39.7 Å². The molecule has 5 N–H and O–H groups in total. The molecule has 200 valence electrons. The third-order valence-electron chi connectivity index (χ3n) is 5.98. The van der Waals surface area contributed by atoms with E-state index in [0.717, 1.165) is 22.0 Å². The number of primary amides is 1. The molecule has 1 aliphatic heterocycles. The van der Waals surface area contributed by atoms with Crippen LogP contribution < -0.4 is 16.9 Å². The highest BCUT2D eigenvalue weighted by Gasteiger charge is 2.36. The summed E-state index contributed by atoms with van der Waals surface area (Å²) in [6.45, 7) is 5.88. The Morgan fingerprint density at radius 1 is 1.13 bits per heavy atom. The maximum Gasteiger partial charge on any atom is 0.410 e. The molecule has 0 aliphatic carbocycles. The van der Waals surface area contributed by atoms with E-state index < -0.39 is 23.6 Å². The number of amides is 3. The summed E-state index contributed by atoms with van der Waals surface area (Å²) in [6.07, 6.45) is 3.38. The van der Waals surface area contributed by atoms with Crippen LogP contribution >= 0.6 is 15.9 Å². The molecular weight excluding hydrogens is 554 g/mol. The molecule has 3 amide bonds. The lowest BCUT2D eigenvalue weighted by atomic mass is 10.0. The highest BCUT2D eigenvalue weighted by Crippen LogP contribution is 2.34. The van der Waals surface area contributed by atoms with Crippen molar-refractivity contribution in [3.8, 4) is 11.3 Å². The molecule has 0 spiro atoms. The molecule has 3 heterocycles. The number of benzene rings is 1. The number of aromatic nitrogens is 3. The first-order valence-corrected chi connectivity index (χ1v) is 12.9. The van der Waals surface area contributed by atoms with Crippen LogP contribution in [0.1, 0.15) is 72.7 Å². The molecule has 2 aromatic heterocycles. The summed E-state index contributed by atoms with van der Waals surface area (Å²) in [4.78, 5) is 48.4. The van der Waals surface area contributed by atoms with Crippen LogP contribution in [0.4, 0.5) is 10.6 Å². The van der Waals surface area contributed by atoms with Crippen molar-refractivity contribution in [1.29, 1.82) is 0 Å². The van der Waals surface area contributed by atoms with Crippen LogP contribution in [0, 0.1) is 0 Å². The number of imidazole rings is 1. The first-order valence-electron chi connectivity index (χ1n) is 12.1. The number of hydrogen-bond donors (Lipinski definition) is 3. The van der Waals surface area contributed by atoms with Crippen molar-refractivity contribution in [2.45, 2.75) is 51.7 Å². The number of anilines is 1. The molecular formula is C26H30BrN7O4. The molecule has 1 aliphatic rings. The fraction of sp³-hybridized carbons (Fsp3) is 0.346. The van der Waals surface area contributed by atoms with E-state index in [1.54, 1.807) is 68.3 Å². The van der Waals surface area contributed by atoms with Crippen molar-refractivity contribution < 1.29 is 19.1 Å². The van der Waals surface area contributed by atoms with Gasteiger partial charge < -0.3 is 21.6 Å². The Morgan fingerprint density at radius 3 is 2.47 bits per heavy atom. The minimum Gasteiger partial charge on any atom is -0.444 e. The van der Waals surface area contributed by atoms with Gasteiger partial charge in [-0.3, -0.25) is 14.5 Å². The van der Waals surface area contributed by atoms with E-state index in [4.69, 9.17) is 16.3 Å². The number of nitrogens with two attached hydrogens (primary N) is 2. The fourth-order valence-corrected chi connectivity index (χ4v) is 4.64. The fourth-order valence-electron chi connectivity index (χ4n) is 4.30. The second-order valence-corrected chi connectivity index (χ2v) is 10.9. The van der Waals surface area contributed by atoms with Crippen LogP contribution in [0.5, 0.6) is 0 Å². The number of pyridine rings is 1. The molecule has 3 aromatic rings. The van der Waals surface area contributed by atoms with Gasteiger partial charge in [-0.15, -0.1) is 0 Å². The topological polar surface area (TPSA) is 158 Å². The van der Waals surface area contributed by atoms with Gasteiger partial charge in [-0.2, -0.15) is 0 Å². The van der Waals surface area contributed by atoms with Gasteiger partial charge in [0.05, 0.1) is 6.04 Å². The number of ether oxygens (including phenoxy) is 1. The summed E-state index contributed by atoms with van der Waals surface area (Å²) >= 11 is 3.35. The lowest BCUT2D eigenvalue weighted by Crippen LogP contribution is -2.43. The van der Waals surface area contributed by atoms with Crippen LogP contribution in [-0.2, 0) is 4.74 Å². The van der Waals surface area contributed by atoms with Gasteiger partial charge in [0.1, 0.15) is 17.1 Å². The van der Waals surface area contributed by atoms with Gasteiger partial charge in [-0.1, -0.05) is 28.1 Å². The Morgan fingerprint density at radius 2 is 1.84 bits per heavy atom. The molecule has 12 heteroatoms. The van der Waals surface area contributed by atoms with E-state index in [2.05, 4.69) is 31.2 Å². The SMILES string of the molecule is CC(C)(C)OC(=O)N1CCCC[C@H]1c1nc(-c2ccc(C(=O)Nc3cc(Br)ccn3)cc2)c(C(N)=O)n1N. The normalized spacial score (nSPS) is 15.7. The predicted molar refractivity (Wildman–Crippen MR) is 146 cm³/mol. The molecule has 0 saturated carbocycles. The number of halogens is 1. The summed E-state index contributed by atoms with van der Waals surface area (Å²) in [6, 6.07) is 9.49.